The molecule has 1 N–H and O–H groups in total. The van der Waals surface area contributed by atoms with Crippen LogP contribution in [0.25, 0.3) is 5.69 Å². The Labute approximate surface area is 129 Å². The van der Waals surface area contributed by atoms with Crippen molar-refractivity contribution in [2.45, 2.75) is 0 Å². The first-order valence-electron chi connectivity index (χ1n) is 6.12. The topological polar surface area (TPSA) is 34.0 Å². The lowest BCUT2D eigenvalue weighted by Gasteiger charge is -2.08. The fourth-order valence-corrected chi connectivity index (χ4v) is 2.88. The first kappa shape index (κ1) is 13.9. The average Bonchev–Trinajstić information content (AvgIpc) is 3.10. The van der Waals surface area contributed by atoms with Crippen LogP contribution in [0.3, 0.4) is 0 Å². The van der Waals surface area contributed by atoms with Crippen molar-refractivity contribution in [2.24, 2.45) is 0 Å². The highest BCUT2D eigenvalue weighted by Gasteiger charge is 2.16. The molecule has 2 aromatic heterocycles. The molecule has 1 amide bonds. The maximum Gasteiger partial charge on any atom is 0.267 e. The maximum absolute atomic E-state index is 13.7. The molecule has 2 heterocycles. The molecule has 0 radical (unpaired) electrons. The second-order valence-corrected chi connectivity index (χ2v) is 5.66. The predicted octanol–water partition coefficient (Wildman–Crippen LogP) is 4.58. The predicted molar refractivity (Wildman–Crippen MR) is 83.0 cm³/mol. The molecule has 0 aliphatic heterocycles. The number of benzene rings is 1. The van der Waals surface area contributed by atoms with Crippen LogP contribution in [0.5, 0.6) is 0 Å². The van der Waals surface area contributed by atoms with Crippen LogP contribution in [0, 0.1) is 5.82 Å². The van der Waals surface area contributed by atoms with Crippen molar-refractivity contribution in [1.29, 1.82) is 0 Å². The van der Waals surface area contributed by atoms with Crippen LogP contribution in [-0.2, 0) is 0 Å². The number of hydrogen-bond donors (Lipinski definition) is 1. The Kier molecular flexibility index (Phi) is 3.77. The van der Waals surface area contributed by atoms with Crippen LogP contribution in [-0.4, -0.2) is 10.5 Å². The van der Waals surface area contributed by atoms with Crippen molar-refractivity contribution in [3.8, 4) is 5.69 Å². The molecule has 3 rings (SSSR count). The summed E-state index contributed by atoms with van der Waals surface area (Å²) in [5.41, 5.74) is 0.869. The van der Waals surface area contributed by atoms with Crippen LogP contribution < -0.4 is 5.32 Å². The van der Waals surface area contributed by atoms with Crippen LogP contribution >= 0.6 is 22.9 Å². The fraction of sp³-hybridized carbons (Fsp3) is 0. The zero-order valence-electron chi connectivity index (χ0n) is 10.7. The van der Waals surface area contributed by atoms with Crippen LogP contribution in [0.15, 0.2) is 54.2 Å². The maximum atomic E-state index is 13.7. The van der Waals surface area contributed by atoms with Gasteiger partial charge >= 0.3 is 0 Å². The molecule has 0 aliphatic carbocycles. The number of halogens is 2. The molecule has 106 valence electrons. The summed E-state index contributed by atoms with van der Waals surface area (Å²) in [6.07, 6.45) is 3.70. The third-order valence-electron chi connectivity index (χ3n) is 2.91. The number of nitrogens with zero attached hydrogens (tertiary/aromatic N) is 1. The molecule has 3 nitrogen and oxygen atoms in total. The number of anilines is 1. The van der Waals surface area contributed by atoms with E-state index in [1.54, 1.807) is 0 Å². The van der Waals surface area contributed by atoms with E-state index in [1.807, 2.05) is 40.5 Å². The van der Waals surface area contributed by atoms with Crippen molar-refractivity contribution >= 4 is 34.5 Å². The summed E-state index contributed by atoms with van der Waals surface area (Å²) in [5, 5.41) is 4.68. The van der Waals surface area contributed by atoms with E-state index in [9.17, 15) is 9.18 Å². The van der Waals surface area contributed by atoms with Crippen LogP contribution in [0.2, 0.25) is 5.02 Å². The molecule has 6 heteroatoms. The van der Waals surface area contributed by atoms with Crippen molar-refractivity contribution in [3.63, 3.8) is 0 Å². The molecule has 0 aliphatic rings. The number of aromatic nitrogens is 1. The second-order valence-electron chi connectivity index (χ2n) is 4.30. The lowest BCUT2D eigenvalue weighted by atomic mass is 10.3. The Hall–Kier alpha value is -2.11. The molecule has 0 atom stereocenters. The summed E-state index contributed by atoms with van der Waals surface area (Å²) in [6.45, 7) is 0. The summed E-state index contributed by atoms with van der Waals surface area (Å²) in [7, 11) is 0. The standard InChI is InChI=1S/C15H10ClFN2OS/c16-10-3-4-12(11(17)9-10)18-15(20)14-13(5-8-21-14)19-6-1-2-7-19/h1-9H,(H,18,20). The van der Waals surface area contributed by atoms with Crippen molar-refractivity contribution in [1.82, 2.24) is 4.57 Å². The number of thiophene rings is 1. The summed E-state index contributed by atoms with van der Waals surface area (Å²) >= 11 is 6.99. The van der Waals surface area contributed by atoms with Gasteiger partial charge in [0.2, 0.25) is 0 Å². The minimum atomic E-state index is -0.560. The van der Waals surface area contributed by atoms with E-state index in [2.05, 4.69) is 5.32 Å². The van der Waals surface area contributed by atoms with Gasteiger partial charge in [0.1, 0.15) is 10.7 Å². The minimum Gasteiger partial charge on any atom is -0.322 e. The van der Waals surface area contributed by atoms with E-state index in [1.165, 1.54) is 29.5 Å². The van der Waals surface area contributed by atoms with Gasteiger partial charge in [-0.1, -0.05) is 11.6 Å². The molecular weight excluding hydrogens is 311 g/mol. The van der Waals surface area contributed by atoms with Crippen molar-refractivity contribution in [3.05, 3.63) is 69.9 Å². The lowest BCUT2D eigenvalue weighted by molar-refractivity contribution is 0.103. The molecule has 0 unspecified atom stereocenters. The largest absolute Gasteiger partial charge is 0.322 e. The van der Waals surface area contributed by atoms with Crippen molar-refractivity contribution in [2.75, 3.05) is 5.32 Å². The second kappa shape index (κ2) is 5.71. The summed E-state index contributed by atoms with van der Waals surface area (Å²) in [6, 6.07) is 9.73. The number of nitrogens with one attached hydrogen (secondary N) is 1. The van der Waals surface area contributed by atoms with Gasteiger partial charge in [0.25, 0.3) is 5.91 Å². The van der Waals surface area contributed by atoms with Crippen molar-refractivity contribution < 1.29 is 9.18 Å². The van der Waals surface area contributed by atoms with Gasteiger partial charge < -0.3 is 9.88 Å². The number of carbonyl (C=O) groups is 1. The summed E-state index contributed by atoms with van der Waals surface area (Å²) < 4.78 is 15.6. The van der Waals surface area contributed by atoms with E-state index < -0.39 is 5.82 Å². The number of rotatable bonds is 3. The van der Waals surface area contributed by atoms with E-state index in [4.69, 9.17) is 11.6 Å². The monoisotopic (exact) mass is 320 g/mol. The van der Waals surface area contributed by atoms with Gasteiger partial charge in [0.05, 0.1) is 11.4 Å². The molecule has 0 fully saturated rings. The Bertz CT molecular complexity index is 783. The van der Waals surface area contributed by atoms with Crippen LogP contribution in [0.1, 0.15) is 9.67 Å². The number of hydrogen-bond acceptors (Lipinski definition) is 2. The molecule has 0 saturated heterocycles. The van der Waals surface area contributed by atoms with Gasteiger partial charge in [-0.3, -0.25) is 4.79 Å². The quantitative estimate of drug-likeness (QED) is 0.752. The number of carbonyl (C=O) groups excluding carboxylic acids is 1. The SMILES string of the molecule is O=C(Nc1ccc(Cl)cc1F)c1sccc1-n1cccc1. The Morgan fingerprint density at radius 3 is 2.71 bits per heavy atom. The highest BCUT2D eigenvalue weighted by atomic mass is 35.5. The molecule has 0 spiro atoms. The Balaban J connectivity index is 1.88. The fourth-order valence-electron chi connectivity index (χ4n) is 1.94. The highest BCUT2D eigenvalue weighted by Crippen LogP contribution is 2.24. The van der Waals surface area contributed by atoms with E-state index in [-0.39, 0.29) is 16.6 Å². The number of amides is 1. The molecular formula is C15H10ClFN2OS. The van der Waals surface area contributed by atoms with Gasteiger partial charge in [-0.15, -0.1) is 11.3 Å². The third kappa shape index (κ3) is 2.84. The normalized spacial score (nSPS) is 10.6. The van der Waals surface area contributed by atoms with Gasteiger partial charge in [0, 0.05) is 17.4 Å². The molecule has 0 saturated carbocycles. The lowest BCUT2D eigenvalue weighted by Crippen LogP contribution is -2.13. The smallest absolute Gasteiger partial charge is 0.267 e. The van der Waals surface area contributed by atoms with E-state index in [0.29, 0.717) is 4.88 Å². The first-order chi connectivity index (χ1) is 10.1. The molecule has 21 heavy (non-hydrogen) atoms. The highest BCUT2D eigenvalue weighted by molar-refractivity contribution is 7.12. The van der Waals surface area contributed by atoms with E-state index in [0.717, 1.165) is 5.69 Å². The Morgan fingerprint density at radius 1 is 1.24 bits per heavy atom. The Morgan fingerprint density at radius 2 is 2.00 bits per heavy atom. The minimum absolute atomic E-state index is 0.108. The van der Waals surface area contributed by atoms with E-state index >= 15 is 0 Å². The van der Waals surface area contributed by atoms with Gasteiger partial charge in [-0.25, -0.2) is 4.39 Å². The summed E-state index contributed by atoms with van der Waals surface area (Å²) in [4.78, 5) is 12.8. The van der Waals surface area contributed by atoms with Crippen LogP contribution in [0.4, 0.5) is 10.1 Å². The van der Waals surface area contributed by atoms with Gasteiger partial charge in [0.15, 0.2) is 0 Å². The summed E-state index contributed by atoms with van der Waals surface area (Å²) in [5.74, 6) is -0.912. The molecule has 1 aromatic carbocycles. The third-order valence-corrected chi connectivity index (χ3v) is 4.05. The zero-order chi connectivity index (χ0) is 14.8. The van der Waals surface area contributed by atoms with Gasteiger partial charge in [-0.05, 0) is 41.8 Å². The average molecular weight is 321 g/mol. The van der Waals surface area contributed by atoms with Gasteiger partial charge in [-0.2, -0.15) is 0 Å². The first-order valence-corrected chi connectivity index (χ1v) is 7.38. The molecule has 3 aromatic rings. The molecule has 0 bridgehead atoms. The zero-order valence-corrected chi connectivity index (χ0v) is 12.3.